The van der Waals surface area contributed by atoms with Crippen LogP contribution in [0.25, 0.3) is 0 Å². The predicted molar refractivity (Wildman–Crippen MR) is 91.4 cm³/mol. The Kier molecular flexibility index (Phi) is 12.8. The Morgan fingerprint density at radius 3 is 2.33 bits per heavy atom. The number of amides is 2. The first-order chi connectivity index (χ1) is 11.4. The van der Waals surface area contributed by atoms with Gasteiger partial charge in [0.25, 0.3) is 0 Å². The van der Waals surface area contributed by atoms with Crippen LogP contribution in [0.3, 0.4) is 0 Å². The molecule has 0 unspecified atom stereocenters. The lowest BCUT2D eigenvalue weighted by atomic mass is 10.0. The highest BCUT2D eigenvalue weighted by Crippen LogP contribution is 2.06. The second-order valence-corrected chi connectivity index (χ2v) is 6.16. The van der Waals surface area contributed by atoms with Gasteiger partial charge in [0.05, 0.1) is 13.7 Å². The normalized spacial score (nSPS) is 11.9. The van der Waals surface area contributed by atoms with E-state index < -0.39 is 17.9 Å². The summed E-state index contributed by atoms with van der Waals surface area (Å²) in [5.74, 6) is -1.04. The summed E-state index contributed by atoms with van der Waals surface area (Å²) in [4.78, 5) is 35.0. The summed E-state index contributed by atoms with van der Waals surface area (Å²) in [5.41, 5.74) is 0. The number of esters is 1. The molecule has 24 heavy (non-hydrogen) atoms. The van der Waals surface area contributed by atoms with Crippen LogP contribution >= 0.6 is 0 Å². The minimum atomic E-state index is -0.700. The summed E-state index contributed by atoms with van der Waals surface area (Å²) in [6, 6.07) is -0.700. The molecular weight excluding hydrogens is 312 g/mol. The summed E-state index contributed by atoms with van der Waals surface area (Å²) in [5, 5.41) is 5.05. The maximum absolute atomic E-state index is 11.8. The molecule has 2 N–H and O–H groups in total. The fourth-order valence-corrected chi connectivity index (χ4v) is 2.10. The number of rotatable bonds is 13. The second-order valence-electron chi connectivity index (χ2n) is 6.16. The molecule has 0 aliphatic carbocycles. The first kappa shape index (κ1) is 22.4. The quantitative estimate of drug-likeness (QED) is 0.389. The van der Waals surface area contributed by atoms with E-state index >= 15 is 0 Å². The number of hydrogen-bond donors (Lipinski definition) is 2. The van der Waals surface area contributed by atoms with E-state index in [1.54, 1.807) is 0 Å². The summed E-state index contributed by atoms with van der Waals surface area (Å²) in [6.45, 7) is 6.31. The molecule has 0 saturated heterocycles. The van der Waals surface area contributed by atoms with Gasteiger partial charge in [0.15, 0.2) is 0 Å². The van der Waals surface area contributed by atoms with Crippen molar-refractivity contribution in [3.8, 4) is 0 Å². The highest BCUT2D eigenvalue weighted by Gasteiger charge is 2.22. The third-order valence-electron chi connectivity index (χ3n) is 3.35. The van der Waals surface area contributed by atoms with Crippen molar-refractivity contribution in [2.45, 2.75) is 58.9 Å². The lowest BCUT2D eigenvalue weighted by Gasteiger charge is -2.18. The third-order valence-corrected chi connectivity index (χ3v) is 3.35. The zero-order chi connectivity index (χ0) is 18.4. The number of carbonyl (C=O) groups is 3. The van der Waals surface area contributed by atoms with Gasteiger partial charge in [-0.25, -0.2) is 4.79 Å². The van der Waals surface area contributed by atoms with Gasteiger partial charge < -0.3 is 20.1 Å². The van der Waals surface area contributed by atoms with Crippen LogP contribution in [0.2, 0.25) is 0 Å². The smallest absolute Gasteiger partial charge is 0.328 e. The molecule has 0 rings (SSSR count). The Hall–Kier alpha value is -1.63. The molecule has 0 aromatic heterocycles. The van der Waals surface area contributed by atoms with E-state index in [0.717, 1.165) is 25.7 Å². The molecule has 0 heterocycles. The van der Waals surface area contributed by atoms with Crippen LogP contribution in [0.5, 0.6) is 0 Å². The lowest BCUT2D eigenvalue weighted by molar-refractivity contribution is -0.145. The van der Waals surface area contributed by atoms with Gasteiger partial charge in [-0.15, -0.1) is 0 Å². The summed E-state index contributed by atoms with van der Waals surface area (Å²) >= 11 is 0. The van der Waals surface area contributed by atoms with Gasteiger partial charge in [0.1, 0.15) is 12.6 Å². The van der Waals surface area contributed by atoms with Crippen LogP contribution in [0.4, 0.5) is 0 Å². The zero-order valence-corrected chi connectivity index (χ0v) is 15.4. The zero-order valence-electron chi connectivity index (χ0n) is 15.4. The average Bonchev–Trinajstić information content (AvgIpc) is 2.54. The van der Waals surface area contributed by atoms with Crippen molar-refractivity contribution in [1.82, 2.24) is 10.6 Å². The molecule has 7 heteroatoms. The van der Waals surface area contributed by atoms with E-state index in [0.29, 0.717) is 13.0 Å². The number of carbonyl (C=O) groups excluding carboxylic acids is 3. The maximum atomic E-state index is 11.8. The van der Waals surface area contributed by atoms with Crippen molar-refractivity contribution in [2.24, 2.45) is 5.92 Å². The molecule has 1 atom stereocenters. The molecule has 2 amide bonds. The standard InChI is InChI=1S/C17H32N2O5/c1-5-6-7-8-9-24-12-16(21)18-11-15(20)19-14(10-13(2)3)17(22)23-4/h13-14H,5-12H2,1-4H3,(H,18,21)(H,19,20)/t14-/m0/s1. The van der Waals surface area contributed by atoms with Crippen LogP contribution in [0.1, 0.15) is 52.9 Å². The number of unbranched alkanes of at least 4 members (excludes halogenated alkanes) is 3. The van der Waals surface area contributed by atoms with Gasteiger partial charge in [-0.05, 0) is 18.8 Å². The van der Waals surface area contributed by atoms with Crippen LogP contribution < -0.4 is 10.6 Å². The van der Waals surface area contributed by atoms with Crippen molar-refractivity contribution < 1.29 is 23.9 Å². The van der Waals surface area contributed by atoms with E-state index in [2.05, 4.69) is 22.3 Å². The van der Waals surface area contributed by atoms with E-state index in [1.165, 1.54) is 7.11 Å². The van der Waals surface area contributed by atoms with E-state index in [1.807, 2.05) is 13.8 Å². The van der Waals surface area contributed by atoms with E-state index in [4.69, 9.17) is 4.74 Å². The number of nitrogens with one attached hydrogen (secondary N) is 2. The molecule has 0 spiro atoms. The van der Waals surface area contributed by atoms with Crippen LogP contribution in [-0.4, -0.2) is 50.7 Å². The topological polar surface area (TPSA) is 93.7 Å². The van der Waals surface area contributed by atoms with Gasteiger partial charge in [0, 0.05) is 6.61 Å². The van der Waals surface area contributed by atoms with Crippen LogP contribution in [0, 0.1) is 5.92 Å². The summed E-state index contributed by atoms with van der Waals surface area (Å²) < 4.78 is 9.92. The van der Waals surface area contributed by atoms with Crippen molar-refractivity contribution >= 4 is 17.8 Å². The van der Waals surface area contributed by atoms with Gasteiger partial charge in [-0.3, -0.25) is 9.59 Å². The Morgan fingerprint density at radius 2 is 1.75 bits per heavy atom. The van der Waals surface area contributed by atoms with E-state index in [-0.39, 0.29) is 25.0 Å². The Bertz CT molecular complexity index is 385. The molecule has 0 aliphatic rings. The molecule has 140 valence electrons. The Balaban J connectivity index is 3.96. The van der Waals surface area contributed by atoms with E-state index in [9.17, 15) is 14.4 Å². The minimum Gasteiger partial charge on any atom is -0.467 e. The number of ether oxygens (including phenoxy) is 2. The molecule has 0 radical (unpaired) electrons. The average molecular weight is 344 g/mol. The van der Waals surface area contributed by atoms with Gasteiger partial charge in [0.2, 0.25) is 11.8 Å². The third kappa shape index (κ3) is 11.9. The van der Waals surface area contributed by atoms with Crippen molar-refractivity contribution in [2.75, 3.05) is 26.9 Å². The molecular formula is C17H32N2O5. The molecule has 0 aromatic rings. The first-order valence-corrected chi connectivity index (χ1v) is 8.62. The van der Waals surface area contributed by atoms with Crippen molar-refractivity contribution in [3.63, 3.8) is 0 Å². The van der Waals surface area contributed by atoms with Gasteiger partial charge in [-0.1, -0.05) is 40.0 Å². The van der Waals surface area contributed by atoms with Crippen LogP contribution in [-0.2, 0) is 23.9 Å². The first-order valence-electron chi connectivity index (χ1n) is 8.62. The molecule has 0 aliphatic heterocycles. The molecule has 0 saturated carbocycles. The maximum Gasteiger partial charge on any atom is 0.328 e. The highest BCUT2D eigenvalue weighted by atomic mass is 16.5. The SMILES string of the molecule is CCCCCCOCC(=O)NCC(=O)N[C@@H](CC(C)C)C(=O)OC. The fourth-order valence-electron chi connectivity index (χ4n) is 2.10. The summed E-state index contributed by atoms with van der Waals surface area (Å²) in [7, 11) is 1.28. The number of hydrogen-bond acceptors (Lipinski definition) is 5. The van der Waals surface area contributed by atoms with Crippen molar-refractivity contribution in [1.29, 1.82) is 0 Å². The lowest BCUT2D eigenvalue weighted by Crippen LogP contribution is -2.46. The molecule has 7 nitrogen and oxygen atoms in total. The Morgan fingerprint density at radius 1 is 1.04 bits per heavy atom. The largest absolute Gasteiger partial charge is 0.467 e. The van der Waals surface area contributed by atoms with Crippen LogP contribution in [0.15, 0.2) is 0 Å². The Labute approximate surface area is 144 Å². The molecule has 0 fully saturated rings. The fraction of sp³-hybridized carbons (Fsp3) is 0.824. The summed E-state index contributed by atoms with van der Waals surface area (Å²) in [6.07, 6.45) is 4.81. The minimum absolute atomic E-state index is 0.0637. The molecule has 0 bridgehead atoms. The number of methoxy groups -OCH3 is 1. The molecule has 0 aromatic carbocycles. The predicted octanol–water partition coefficient (Wildman–Crippen LogP) is 1.40. The van der Waals surface area contributed by atoms with Gasteiger partial charge in [-0.2, -0.15) is 0 Å². The van der Waals surface area contributed by atoms with Gasteiger partial charge >= 0.3 is 5.97 Å². The monoisotopic (exact) mass is 344 g/mol. The highest BCUT2D eigenvalue weighted by molar-refractivity contribution is 5.88. The van der Waals surface area contributed by atoms with Crippen molar-refractivity contribution in [3.05, 3.63) is 0 Å². The second kappa shape index (κ2) is 13.8.